The van der Waals surface area contributed by atoms with Crippen molar-refractivity contribution in [1.29, 1.82) is 0 Å². The lowest BCUT2D eigenvalue weighted by Gasteiger charge is -2.11. The first-order chi connectivity index (χ1) is 10.2. The van der Waals surface area contributed by atoms with Gasteiger partial charge >= 0.3 is 0 Å². The first-order valence-corrected chi connectivity index (χ1v) is 7.00. The quantitative estimate of drug-likeness (QED) is 0.735. The Kier molecular flexibility index (Phi) is 2.54. The molecule has 3 heteroatoms. The van der Waals surface area contributed by atoms with Crippen LogP contribution in [0.1, 0.15) is 11.1 Å². The summed E-state index contributed by atoms with van der Waals surface area (Å²) in [6.45, 7) is 2.11. The normalized spacial score (nSPS) is 13.3. The molecule has 0 spiro atoms. The van der Waals surface area contributed by atoms with Gasteiger partial charge in [-0.1, -0.05) is 18.2 Å². The van der Waals surface area contributed by atoms with Crippen molar-refractivity contribution in [2.45, 2.75) is 13.3 Å². The molecule has 0 unspecified atom stereocenters. The number of rotatable bonds is 1. The molecule has 0 saturated carbocycles. The molecule has 0 atom stereocenters. The maximum absolute atomic E-state index is 11.5. The molecule has 0 aliphatic carbocycles. The molecule has 0 saturated heterocycles. The van der Waals surface area contributed by atoms with Gasteiger partial charge < -0.3 is 5.32 Å². The number of carbonyl (C=O) groups is 1. The average Bonchev–Trinajstić information content (AvgIpc) is 2.86. The molecule has 0 bridgehead atoms. The molecular formula is C18H14N2O. The molecule has 3 aromatic rings. The predicted octanol–water partition coefficient (Wildman–Crippen LogP) is 3.70. The minimum Gasteiger partial charge on any atom is -0.326 e. The number of aromatic nitrogens is 1. The third kappa shape index (κ3) is 1.89. The van der Waals surface area contributed by atoms with E-state index in [0.29, 0.717) is 6.42 Å². The minimum absolute atomic E-state index is 0.0680. The van der Waals surface area contributed by atoms with Gasteiger partial charge in [-0.15, -0.1) is 0 Å². The monoisotopic (exact) mass is 274 g/mol. The van der Waals surface area contributed by atoms with E-state index in [2.05, 4.69) is 41.5 Å². The van der Waals surface area contributed by atoms with Crippen LogP contribution in [-0.2, 0) is 11.2 Å². The number of benzene rings is 2. The Labute approximate surface area is 122 Å². The molecule has 0 fully saturated rings. The standard InChI is InChI=1S/C18H14N2O/c1-11-4-6-16-14(3-2-8-19-16)18(11)12-5-7-15-13(9-12)10-17(21)20-15/h2-9H,10H2,1H3,(H,20,21). The van der Waals surface area contributed by atoms with E-state index in [1.165, 1.54) is 11.1 Å². The minimum atomic E-state index is 0.0680. The summed E-state index contributed by atoms with van der Waals surface area (Å²) in [6.07, 6.45) is 2.28. The molecule has 2 heterocycles. The summed E-state index contributed by atoms with van der Waals surface area (Å²) in [5.41, 5.74) is 6.54. The maximum atomic E-state index is 11.5. The molecule has 1 aliphatic rings. The van der Waals surface area contributed by atoms with Gasteiger partial charge in [0.1, 0.15) is 0 Å². The zero-order valence-corrected chi connectivity index (χ0v) is 11.7. The Balaban J connectivity index is 1.97. The third-order valence-electron chi connectivity index (χ3n) is 4.01. The predicted molar refractivity (Wildman–Crippen MR) is 84.2 cm³/mol. The molecule has 21 heavy (non-hydrogen) atoms. The molecule has 3 nitrogen and oxygen atoms in total. The zero-order valence-electron chi connectivity index (χ0n) is 11.7. The first kappa shape index (κ1) is 12.1. The highest BCUT2D eigenvalue weighted by molar-refractivity contribution is 6.01. The van der Waals surface area contributed by atoms with Crippen molar-refractivity contribution in [3.8, 4) is 11.1 Å². The van der Waals surface area contributed by atoms with Crippen molar-refractivity contribution < 1.29 is 4.79 Å². The van der Waals surface area contributed by atoms with Crippen LogP contribution >= 0.6 is 0 Å². The van der Waals surface area contributed by atoms with Gasteiger partial charge in [-0.3, -0.25) is 9.78 Å². The largest absolute Gasteiger partial charge is 0.326 e. The van der Waals surface area contributed by atoms with Crippen LogP contribution in [-0.4, -0.2) is 10.9 Å². The van der Waals surface area contributed by atoms with Crippen LogP contribution in [0.5, 0.6) is 0 Å². The van der Waals surface area contributed by atoms with Crippen LogP contribution in [0.15, 0.2) is 48.7 Å². The summed E-state index contributed by atoms with van der Waals surface area (Å²) < 4.78 is 0. The van der Waals surface area contributed by atoms with Crippen LogP contribution in [0.4, 0.5) is 5.69 Å². The number of fused-ring (bicyclic) bond motifs is 2. The topological polar surface area (TPSA) is 42.0 Å². The highest BCUT2D eigenvalue weighted by Crippen LogP contribution is 2.34. The summed E-state index contributed by atoms with van der Waals surface area (Å²) in [6, 6.07) is 14.4. The average molecular weight is 274 g/mol. The van der Waals surface area contributed by atoms with Gasteiger partial charge in [0.25, 0.3) is 0 Å². The zero-order chi connectivity index (χ0) is 14.4. The lowest BCUT2D eigenvalue weighted by atomic mass is 9.94. The number of nitrogens with one attached hydrogen (secondary N) is 1. The fourth-order valence-corrected chi connectivity index (χ4v) is 3.03. The van der Waals surface area contributed by atoms with Gasteiger partial charge in [-0.05, 0) is 53.4 Å². The van der Waals surface area contributed by atoms with E-state index in [9.17, 15) is 4.79 Å². The van der Waals surface area contributed by atoms with Crippen molar-refractivity contribution in [2.75, 3.05) is 5.32 Å². The van der Waals surface area contributed by atoms with Crippen LogP contribution in [0.25, 0.3) is 22.0 Å². The summed E-state index contributed by atoms with van der Waals surface area (Å²) in [5.74, 6) is 0.0680. The number of anilines is 1. The van der Waals surface area contributed by atoms with Crippen molar-refractivity contribution in [2.24, 2.45) is 0 Å². The van der Waals surface area contributed by atoms with Gasteiger partial charge in [0.15, 0.2) is 0 Å². The van der Waals surface area contributed by atoms with E-state index in [1.54, 1.807) is 0 Å². The van der Waals surface area contributed by atoms with E-state index in [1.807, 2.05) is 24.4 Å². The van der Waals surface area contributed by atoms with E-state index in [4.69, 9.17) is 0 Å². The maximum Gasteiger partial charge on any atom is 0.228 e. The van der Waals surface area contributed by atoms with Gasteiger partial charge in [-0.25, -0.2) is 0 Å². The molecule has 102 valence electrons. The number of pyridine rings is 1. The summed E-state index contributed by atoms with van der Waals surface area (Å²) >= 11 is 0. The molecule has 1 amide bonds. The van der Waals surface area contributed by atoms with E-state index in [0.717, 1.165) is 27.7 Å². The molecule has 0 radical (unpaired) electrons. The van der Waals surface area contributed by atoms with Gasteiger partial charge in [0.2, 0.25) is 5.91 Å². The van der Waals surface area contributed by atoms with Crippen LogP contribution in [0, 0.1) is 6.92 Å². The summed E-state index contributed by atoms with van der Waals surface area (Å²) in [4.78, 5) is 15.9. The number of aryl methyl sites for hydroxylation is 1. The highest BCUT2D eigenvalue weighted by Gasteiger charge is 2.18. The molecule has 1 aromatic heterocycles. The number of nitrogens with zero attached hydrogens (tertiary/aromatic N) is 1. The molecule has 1 N–H and O–H groups in total. The Morgan fingerprint density at radius 2 is 2.05 bits per heavy atom. The Bertz CT molecular complexity index is 884. The van der Waals surface area contributed by atoms with Gasteiger partial charge in [0.05, 0.1) is 11.9 Å². The SMILES string of the molecule is Cc1ccc2ncccc2c1-c1ccc2c(c1)CC(=O)N2. The van der Waals surface area contributed by atoms with Crippen molar-refractivity contribution in [3.05, 3.63) is 59.8 Å². The van der Waals surface area contributed by atoms with Crippen LogP contribution < -0.4 is 5.32 Å². The smallest absolute Gasteiger partial charge is 0.228 e. The fraction of sp³-hybridized carbons (Fsp3) is 0.111. The molecular weight excluding hydrogens is 260 g/mol. The van der Waals surface area contributed by atoms with Crippen molar-refractivity contribution >= 4 is 22.5 Å². The molecule has 1 aliphatic heterocycles. The third-order valence-corrected chi connectivity index (χ3v) is 4.01. The lowest BCUT2D eigenvalue weighted by molar-refractivity contribution is -0.115. The Hall–Kier alpha value is -2.68. The van der Waals surface area contributed by atoms with Crippen molar-refractivity contribution in [1.82, 2.24) is 4.98 Å². The first-order valence-electron chi connectivity index (χ1n) is 7.00. The molecule has 2 aromatic carbocycles. The van der Waals surface area contributed by atoms with Crippen LogP contribution in [0.2, 0.25) is 0 Å². The van der Waals surface area contributed by atoms with Gasteiger partial charge in [-0.2, -0.15) is 0 Å². The van der Waals surface area contributed by atoms with E-state index in [-0.39, 0.29) is 5.91 Å². The second-order valence-corrected chi connectivity index (χ2v) is 5.42. The van der Waals surface area contributed by atoms with Gasteiger partial charge in [0, 0.05) is 17.3 Å². The molecule has 4 rings (SSSR count). The Morgan fingerprint density at radius 3 is 2.95 bits per heavy atom. The van der Waals surface area contributed by atoms with E-state index < -0.39 is 0 Å². The number of amides is 1. The summed E-state index contributed by atoms with van der Waals surface area (Å²) in [5, 5.41) is 4.02. The fourth-order valence-electron chi connectivity index (χ4n) is 3.03. The lowest BCUT2D eigenvalue weighted by Crippen LogP contribution is -2.03. The van der Waals surface area contributed by atoms with Crippen LogP contribution in [0.3, 0.4) is 0 Å². The highest BCUT2D eigenvalue weighted by atomic mass is 16.1. The number of hydrogen-bond donors (Lipinski definition) is 1. The van der Waals surface area contributed by atoms with E-state index >= 15 is 0 Å². The second kappa shape index (κ2) is 4.42. The summed E-state index contributed by atoms with van der Waals surface area (Å²) in [7, 11) is 0. The number of carbonyl (C=O) groups excluding carboxylic acids is 1. The second-order valence-electron chi connectivity index (χ2n) is 5.42. The Morgan fingerprint density at radius 1 is 1.14 bits per heavy atom. The number of hydrogen-bond acceptors (Lipinski definition) is 2. The van der Waals surface area contributed by atoms with Crippen molar-refractivity contribution in [3.63, 3.8) is 0 Å².